The third-order valence-corrected chi connectivity index (χ3v) is 4.53. The molecular weight excluding hydrogens is 408 g/mol. The zero-order chi connectivity index (χ0) is 23.8. The minimum absolute atomic E-state index is 0.0601. The van der Waals surface area contributed by atoms with E-state index in [1.165, 1.54) is 12.4 Å². The molecule has 2 aromatic carbocycles. The lowest BCUT2D eigenvalue weighted by molar-refractivity contribution is -0.870. The van der Waals surface area contributed by atoms with Crippen LogP contribution in [-0.4, -0.2) is 100 Å². The number of rotatable bonds is 11. The first-order valence-corrected chi connectivity index (χ1v) is 10.5. The molecule has 0 saturated heterocycles. The summed E-state index contributed by atoms with van der Waals surface area (Å²) in [5.74, 6) is 1.32. The van der Waals surface area contributed by atoms with Crippen molar-refractivity contribution in [2.75, 3.05) is 68.6 Å². The maximum atomic E-state index is 10.2. The molecule has 32 heavy (non-hydrogen) atoms. The van der Waals surface area contributed by atoms with Crippen LogP contribution in [0.3, 0.4) is 0 Å². The highest BCUT2D eigenvalue weighted by atomic mass is 16.5. The monoisotopic (exact) mass is 444 g/mol. The molecule has 0 saturated carbocycles. The van der Waals surface area contributed by atoms with Crippen molar-refractivity contribution in [1.29, 1.82) is 0 Å². The molecule has 0 aliphatic carbocycles. The minimum Gasteiger partial charge on any atom is -0.507 e. The summed E-state index contributed by atoms with van der Waals surface area (Å²) in [5.41, 5.74) is 1.04. The van der Waals surface area contributed by atoms with Crippen LogP contribution in [0.15, 0.2) is 46.6 Å². The fourth-order valence-electron chi connectivity index (χ4n) is 2.51. The van der Waals surface area contributed by atoms with E-state index in [2.05, 4.69) is 52.5 Å². The molecule has 8 nitrogen and oxygen atoms in total. The lowest BCUT2D eigenvalue weighted by atomic mass is 10.2. The Balaban J connectivity index is 1.91. The minimum atomic E-state index is 0.0601. The lowest BCUT2D eigenvalue weighted by Gasteiger charge is -2.23. The number of phenols is 2. The highest BCUT2D eigenvalue weighted by Gasteiger charge is 2.09. The van der Waals surface area contributed by atoms with Crippen LogP contribution in [0.4, 0.5) is 0 Å². The fraction of sp³-hybridized carbons (Fsp3) is 0.417. The average molecular weight is 445 g/mol. The number of hydrogen-bond acceptors (Lipinski definition) is 6. The van der Waals surface area contributed by atoms with Crippen molar-refractivity contribution in [3.63, 3.8) is 0 Å². The number of nitrogens with zero attached hydrogens (tertiary/aromatic N) is 4. The van der Waals surface area contributed by atoms with E-state index in [1.54, 1.807) is 36.4 Å². The molecule has 0 heterocycles. The van der Waals surface area contributed by atoms with E-state index in [-0.39, 0.29) is 11.5 Å². The molecule has 0 spiro atoms. The Bertz CT molecular complexity index is 866. The quantitative estimate of drug-likeness (QED) is 0.317. The third-order valence-electron chi connectivity index (χ3n) is 4.53. The van der Waals surface area contributed by atoms with Gasteiger partial charge in [0.15, 0.2) is 0 Å². The van der Waals surface area contributed by atoms with Crippen molar-refractivity contribution in [2.24, 2.45) is 10.2 Å². The third kappa shape index (κ3) is 9.36. The van der Waals surface area contributed by atoms with Crippen LogP contribution >= 0.6 is 0 Å². The van der Waals surface area contributed by atoms with Gasteiger partial charge in [-0.15, -0.1) is 0 Å². The van der Waals surface area contributed by atoms with Gasteiger partial charge in [-0.05, 0) is 24.3 Å². The number of phenolic OH excluding ortho intramolecular Hbond substituents is 2. The largest absolute Gasteiger partial charge is 0.507 e. The Morgan fingerprint density at radius 2 is 1.06 bits per heavy atom. The molecule has 0 aliphatic rings. The van der Waals surface area contributed by atoms with Gasteiger partial charge >= 0.3 is 0 Å². The van der Waals surface area contributed by atoms with Crippen LogP contribution in [0.2, 0.25) is 0 Å². The van der Waals surface area contributed by atoms with Crippen LogP contribution < -0.4 is 9.47 Å². The van der Waals surface area contributed by atoms with Gasteiger partial charge in [0.2, 0.25) is 0 Å². The smallest absolute Gasteiger partial charge is 0.137 e. The van der Waals surface area contributed by atoms with Crippen molar-refractivity contribution in [3.05, 3.63) is 47.5 Å². The summed E-state index contributed by atoms with van der Waals surface area (Å²) in [6.07, 6.45) is 2.89. The van der Waals surface area contributed by atoms with Gasteiger partial charge in [-0.2, -0.15) is 10.2 Å². The Kier molecular flexibility index (Phi) is 8.63. The standard InChI is InChI=1S/C24H34N4O4/c1-27(2,3)11-13-31-21-9-7-19(23(29)15-21)17-25-26-18-20-8-10-22(16-24(20)30)32-14-12-28(4,5)6/h7-10,15-18H,11-14H2,1-6H3/p+2. The SMILES string of the molecule is C[N+](C)(C)CCOc1ccc(C=NN=Cc2ccc(OCC[N+](C)(C)C)cc2O)c(O)c1. The van der Waals surface area contributed by atoms with E-state index in [9.17, 15) is 10.2 Å². The molecule has 2 aromatic rings. The number of aromatic hydroxyl groups is 2. The summed E-state index contributed by atoms with van der Waals surface area (Å²) >= 11 is 0. The molecule has 8 heteroatoms. The Hall–Kier alpha value is -3.10. The number of likely N-dealkylation sites (N-methyl/N-ethyl adjacent to an activating group) is 2. The predicted molar refractivity (Wildman–Crippen MR) is 128 cm³/mol. The molecule has 0 bridgehead atoms. The first-order valence-electron chi connectivity index (χ1n) is 10.5. The Labute approximate surface area is 190 Å². The molecule has 0 atom stereocenters. The second kappa shape index (κ2) is 11.0. The van der Waals surface area contributed by atoms with E-state index in [0.29, 0.717) is 35.8 Å². The molecule has 2 N–H and O–H groups in total. The van der Waals surface area contributed by atoms with Gasteiger partial charge in [0.05, 0.1) is 54.7 Å². The molecule has 0 radical (unpaired) electrons. The van der Waals surface area contributed by atoms with Gasteiger partial charge < -0.3 is 28.7 Å². The molecule has 0 fully saturated rings. The number of benzene rings is 2. The molecular formula is C24H36N4O4+2. The fourth-order valence-corrected chi connectivity index (χ4v) is 2.51. The number of ether oxygens (including phenoxy) is 2. The zero-order valence-corrected chi connectivity index (χ0v) is 19.9. The van der Waals surface area contributed by atoms with Gasteiger partial charge in [-0.25, -0.2) is 0 Å². The van der Waals surface area contributed by atoms with Gasteiger partial charge in [0, 0.05) is 23.3 Å². The molecule has 0 unspecified atom stereocenters. The summed E-state index contributed by atoms with van der Waals surface area (Å²) in [4.78, 5) is 0. The Morgan fingerprint density at radius 3 is 1.38 bits per heavy atom. The molecule has 0 aromatic heterocycles. The summed E-state index contributed by atoms with van der Waals surface area (Å²) in [6, 6.07) is 10.1. The topological polar surface area (TPSA) is 83.6 Å². The number of hydrogen-bond donors (Lipinski definition) is 2. The first kappa shape index (κ1) is 25.2. The van der Waals surface area contributed by atoms with Crippen molar-refractivity contribution in [2.45, 2.75) is 0 Å². The summed E-state index contributed by atoms with van der Waals surface area (Å²) in [7, 11) is 12.6. The van der Waals surface area contributed by atoms with Crippen LogP contribution in [0.5, 0.6) is 23.0 Å². The highest BCUT2D eigenvalue weighted by Crippen LogP contribution is 2.23. The van der Waals surface area contributed by atoms with Crippen molar-refractivity contribution < 1.29 is 28.7 Å². The van der Waals surface area contributed by atoms with E-state index < -0.39 is 0 Å². The predicted octanol–water partition coefficient (Wildman–Crippen LogP) is 2.72. The normalized spacial score (nSPS) is 12.6. The first-order chi connectivity index (χ1) is 14.9. The summed E-state index contributed by atoms with van der Waals surface area (Å²) in [6.45, 7) is 2.83. The van der Waals surface area contributed by atoms with Gasteiger partial charge in [-0.1, -0.05) is 0 Å². The van der Waals surface area contributed by atoms with Crippen LogP contribution in [0.25, 0.3) is 0 Å². The molecule has 2 rings (SSSR count). The second-order valence-electron chi connectivity index (χ2n) is 9.66. The lowest BCUT2D eigenvalue weighted by Crippen LogP contribution is -2.38. The zero-order valence-electron chi connectivity index (χ0n) is 19.9. The maximum absolute atomic E-state index is 10.2. The van der Waals surface area contributed by atoms with Crippen LogP contribution in [0, 0.1) is 0 Å². The van der Waals surface area contributed by atoms with Gasteiger partial charge in [0.1, 0.15) is 49.3 Å². The van der Waals surface area contributed by atoms with Crippen LogP contribution in [0.1, 0.15) is 11.1 Å². The Morgan fingerprint density at radius 1 is 0.688 bits per heavy atom. The summed E-state index contributed by atoms with van der Waals surface area (Å²) in [5, 5.41) is 28.3. The van der Waals surface area contributed by atoms with E-state index in [4.69, 9.17) is 9.47 Å². The molecule has 0 aliphatic heterocycles. The van der Waals surface area contributed by atoms with Crippen molar-refractivity contribution >= 4 is 12.4 Å². The summed E-state index contributed by atoms with van der Waals surface area (Å²) < 4.78 is 13.0. The van der Waals surface area contributed by atoms with Gasteiger partial charge in [0.25, 0.3) is 0 Å². The van der Waals surface area contributed by atoms with E-state index in [1.807, 2.05) is 0 Å². The highest BCUT2D eigenvalue weighted by molar-refractivity contribution is 5.86. The molecule has 0 amide bonds. The van der Waals surface area contributed by atoms with Crippen molar-refractivity contribution in [3.8, 4) is 23.0 Å². The van der Waals surface area contributed by atoms with Crippen molar-refractivity contribution in [1.82, 2.24) is 0 Å². The maximum Gasteiger partial charge on any atom is 0.137 e. The molecule has 174 valence electrons. The van der Waals surface area contributed by atoms with Gasteiger partial charge in [-0.3, -0.25) is 0 Å². The number of quaternary nitrogens is 2. The van der Waals surface area contributed by atoms with E-state index in [0.717, 1.165) is 22.1 Å². The average Bonchev–Trinajstić information content (AvgIpc) is 2.66. The second-order valence-corrected chi connectivity index (χ2v) is 9.66. The van der Waals surface area contributed by atoms with Crippen LogP contribution in [-0.2, 0) is 0 Å². The van der Waals surface area contributed by atoms with E-state index >= 15 is 0 Å².